The van der Waals surface area contributed by atoms with Gasteiger partial charge < -0.3 is 15.4 Å². The second-order valence-electron chi connectivity index (χ2n) is 6.99. The molecule has 5 heteroatoms. The molecule has 1 aromatic heterocycles. The predicted molar refractivity (Wildman–Crippen MR) is 106 cm³/mol. The van der Waals surface area contributed by atoms with Crippen LogP contribution >= 0.6 is 0 Å². The summed E-state index contributed by atoms with van der Waals surface area (Å²) >= 11 is 0. The van der Waals surface area contributed by atoms with Crippen LogP contribution in [-0.2, 0) is 0 Å². The van der Waals surface area contributed by atoms with E-state index in [2.05, 4.69) is 21.7 Å². The molecule has 1 amide bonds. The van der Waals surface area contributed by atoms with Crippen molar-refractivity contribution in [1.29, 1.82) is 0 Å². The fourth-order valence-corrected chi connectivity index (χ4v) is 3.29. The van der Waals surface area contributed by atoms with E-state index in [9.17, 15) is 4.79 Å². The van der Waals surface area contributed by atoms with Crippen molar-refractivity contribution in [3.05, 3.63) is 71.5 Å². The Labute approximate surface area is 158 Å². The highest BCUT2D eigenvalue weighted by atomic mass is 16.5. The fraction of sp³-hybridized carbons (Fsp3) is 0.273. The van der Waals surface area contributed by atoms with E-state index < -0.39 is 0 Å². The molecule has 3 aromatic rings. The van der Waals surface area contributed by atoms with Crippen molar-refractivity contribution in [2.45, 2.75) is 26.0 Å². The van der Waals surface area contributed by atoms with E-state index in [0.29, 0.717) is 5.56 Å². The molecule has 138 valence electrons. The van der Waals surface area contributed by atoms with Crippen molar-refractivity contribution in [2.24, 2.45) is 0 Å². The van der Waals surface area contributed by atoms with Gasteiger partial charge in [-0.15, -0.1) is 0 Å². The third kappa shape index (κ3) is 3.64. The van der Waals surface area contributed by atoms with E-state index in [-0.39, 0.29) is 18.1 Å². The molecular formula is C22H23N3O2. The van der Waals surface area contributed by atoms with Gasteiger partial charge in [-0.3, -0.25) is 9.78 Å². The number of benzene rings is 2. The van der Waals surface area contributed by atoms with Crippen molar-refractivity contribution in [2.75, 3.05) is 13.1 Å². The van der Waals surface area contributed by atoms with Crippen LogP contribution in [0.2, 0.25) is 0 Å². The van der Waals surface area contributed by atoms with Gasteiger partial charge in [-0.25, -0.2) is 0 Å². The Balaban J connectivity index is 1.55. The number of amides is 1. The number of rotatable bonds is 5. The molecule has 0 bridgehead atoms. The van der Waals surface area contributed by atoms with Crippen LogP contribution < -0.4 is 15.4 Å². The van der Waals surface area contributed by atoms with Crippen LogP contribution in [0.5, 0.6) is 5.75 Å². The van der Waals surface area contributed by atoms with Gasteiger partial charge in [0.1, 0.15) is 11.9 Å². The molecule has 27 heavy (non-hydrogen) atoms. The SMILES string of the molecule is Cc1ccc(OC2CNC2)cc1C(=O)N[C@H](C)c1nccc2ccccc12. The molecule has 2 aromatic carbocycles. The number of pyridine rings is 1. The van der Waals surface area contributed by atoms with Crippen LogP contribution in [0.25, 0.3) is 10.8 Å². The zero-order valence-electron chi connectivity index (χ0n) is 15.5. The van der Waals surface area contributed by atoms with Gasteiger partial charge >= 0.3 is 0 Å². The lowest BCUT2D eigenvalue weighted by Crippen LogP contribution is -2.50. The molecule has 1 atom stereocenters. The van der Waals surface area contributed by atoms with Crippen molar-refractivity contribution in [3.63, 3.8) is 0 Å². The first-order valence-corrected chi connectivity index (χ1v) is 9.24. The highest BCUT2D eigenvalue weighted by molar-refractivity contribution is 5.96. The van der Waals surface area contributed by atoms with Crippen LogP contribution in [0.1, 0.15) is 34.6 Å². The van der Waals surface area contributed by atoms with Crippen molar-refractivity contribution >= 4 is 16.7 Å². The molecule has 1 saturated heterocycles. The summed E-state index contributed by atoms with van der Waals surface area (Å²) in [6.07, 6.45) is 1.97. The number of ether oxygens (including phenoxy) is 1. The Hall–Kier alpha value is -2.92. The summed E-state index contributed by atoms with van der Waals surface area (Å²) < 4.78 is 5.89. The Bertz CT molecular complexity index is 977. The van der Waals surface area contributed by atoms with Crippen LogP contribution in [0.4, 0.5) is 0 Å². The third-order valence-electron chi connectivity index (χ3n) is 4.96. The number of aromatic nitrogens is 1. The first kappa shape index (κ1) is 17.5. The molecule has 0 radical (unpaired) electrons. The van der Waals surface area contributed by atoms with Crippen molar-refractivity contribution in [3.8, 4) is 5.75 Å². The van der Waals surface area contributed by atoms with Gasteiger partial charge in [0.05, 0.1) is 11.7 Å². The number of hydrogen-bond acceptors (Lipinski definition) is 4. The van der Waals surface area contributed by atoms with E-state index in [4.69, 9.17) is 4.74 Å². The Kier molecular flexibility index (Phi) is 4.77. The number of carbonyl (C=O) groups is 1. The molecule has 1 aliphatic heterocycles. The Morgan fingerprint density at radius 2 is 2.04 bits per heavy atom. The van der Waals surface area contributed by atoms with E-state index in [0.717, 1.165) is 40.9 Å². The average Bonchev–Trinajstić information content (AvgIpc) is 2.65. The summed E-state index contributed by atoms with van der Waals surface area (Å²) in [7, 11) is 0. The summed E-state index contributed by atoms with van der Waals surface area (Å²) in [4.78, 5) is 17.4. The number of carbonyl (C=O) groups excluding carboxylic acids is 1. The quantitative estimate of drug-likeness (QED) is 0.731. The molecule has 0 aliphatic carbocycles. The lowest BCUT2D eigenvalue weighted by Gasteiger charge is -2.28. The van der Waals surface area contributed by atoms with Gasteiger partial charge in [0.15, 0.2) is 0 Å². The first-order chi connectivity index (χ1) is 13.1. The molecular weight excluding hydrogens is 338 g/mol. The van der Waals surface area contributed by atoms with E-state index in [1.165, 1.54) is 0 Å². The van der Waals surface area contributed by atoms with Crippen LogP contribution in [0, 0.1) is 6.92 Å². The smallest absolute Gasteiger partial charge is 0.252 e. The molecule has 0 spiro atoms. The maximum atomic E-state index is 12.9. The summed E-state index contributed by atoms with van der Waals surface area (Å²) in [6, 6.07) is 15.5. The van der Waals surface area contributed by atoms with Crippen molar-refractivity contribution in [1.82, 2.24) is 15.6 Å². The standard InChI is InChI=1S/C22H23N3O2/c1-14-7-8-17(27-18-12-23-13-18)11-20(14)22(26)25-15(2)21-19-6-4-3-5-16(19)9-10-24-21/h3-11,15,18,23H,12-13H2,1-2H3,(H,25,26)/t15-/m1/s1. The van der Waals surface area contributed by atoms with Crippen LogP contribution in [0.15, 0.2) is 54.7 Å². The summed E-state index contributed by atoms with van der Waals surface area (Å²) in [5.41, 5.74) is 2.42. The Morgan fingerprint density at radius 3 is 2.81 bits per heavy atom. The lowest BCUT2D eigenvalue weighted by molar-refractivity contribution is 0.0937. The van der Waals surface area contributed by atoms with Crippen LogP contribution in [-0.4, -0.2) is 30.1 Å². The average molecular weight is 361 g/mol. The van der Waals surface area contributed by atoms with Crippen molar-refractivity contribution < 1.29 is 9.53 Å². The second-order valence-corrected chi connectivity index (χ2v) is 6.99. The van der Waals surface area contributed by atoms with E-state index >= 15 is 0 Å². The van der Waals surface area contributed by atoms with Gasteiger partial charge in [-0.2, -0.15) is 0 Å². The summed E-state index contributed by atoms with van der Waals surface area (Å²) in [5.74, 6) is 0.611. The predicted octanol–water partition coefficient (Wildman–Crippen LogP) is 3.38. The lowest BCUT2D eigenvalue weighted by atomic mass is 10.0. The maximum absolute atomic E-state index is 12.9. The number of hydrogen-bond donors (Lipinski definition) is 2. The monoisotopic (exact) mass is 361 g/mol. The molecule has 5 nitrogen and oxygen atoms in total. The van der Waals surface area contributed by atoms with Gasteiger partial charge in [0.2, 0.25) is 0 Å². The highest BCUT2D eigenvalue weighted by Gasteiger charge is 2.20. The first-order valence-electron chi connectivity index (χ1n) is 9.24. The highest BCUT2D eigenvalue weighted by Crippen LogP contribution is 2.24. The minimum absolute atomic E-state index is 0.119. The van der Waals surface area contributed by atoms with Gasteiger partial charge in [-0.1, -0.05) is 30.3 Å². The zero-order chi connectivity index (χ0) is 18.8. The second kappa shape index (κ2) is 7.37. The number of fused-ring (bicyclic) bond motifs is 1. The fourth-order valence-electron chi connectivity index (χ4n) is 3.29. The maximum Gasteiger partial charge on any atom is 0.252 e. The largest absolute Gasteiger partial charge is 0.488 e. The van der Waals surface area contributed by atoms with Gasteiger partial charge in [0.25, 0.3) is 5.91 Å². The normalized spacial score (nSPS) is 15.2. The molecule has 1 aliphatic rings. The molecule has 4 rings (SSSR count). The number of nitrogens with one attached hydrogen (secondary N) is 2. The topological polar surface area (TPSA) is 63.2 Å². The van der Waals surface area contributed by atoms with E-state index in [1.54, 1.807) is 6.20 Å². The minimum Gasteiger partial charge on any atom is -0.488 e. The molecule has 1 fully saturated rings. The van der Waals surface area contributed by atoms with E-state index in [1.807, 2.05) is 56.3 Å². The molecule has 0 saturated carbocycles. The van der Waals surface area contributed by atoms with Gasteiger partial charge in [0, 0.05) is 30.2 Å². The summed E-state index contributed by atoms with van der Waals surface area (Å²) in [6.45, 7) is 5.59. The Morgan fingerprint density at radius 1 is 1.22 bits per heavy atom. The number of nitrogens with zero attached hydrogens (tertiary/aromatic N) is 1. The minimum atomic E-state index is -0.205. The zero-order valence-corrected chi connectivity index (χ0v) is 15.5. The molecule has 2 heterocycles. The van der Waals surface area contributed by atoms with Crippen LogP contribution in [0.3, 0.4) is 0 Å². The molecule has 2 N–H and O–H groups in total. The summed E-state index contributed by atoms with van der Waals surface area (Å²) in [5, 5.41) is 8.43. The number of aryl methyl sites for hydroxylation is 1. The van der Waals surface area contributed by atoms with Gasteiger partial charge in [-0.05, 0) is 43.0 Å². The molecule has 0 unspecified atom stereocenters. The third-order valence-corrected chi connectivity index (χ3v) is 4.96.